The summed E-state index contributed by atoms with van der Waals surface area (Å²) in [7, 11) is -3.72. The van der Waals surface area contributed by atoms with Gasteiger partial charge in [0, 0.05) is 11.8 Å². The maximum Gasteiger partial charge on any atom is 0.315 e. The third-order valence-corrected chi connectivity index (χ3v) is 4.82. The van der Waals surface area contributed by atoms with Crippen LogP contribution in [0.2, 0.25) is 0 Å². The van der Waals surface area contributed by atoms with E-state index in [1.807, 2.05) is 6.92 Å². The Morgan fingerprint density at radius 3 is 2.50 bits per heavy atom. The van der Waals surface area contributed by atoms with E-state index in [0.29, 0.717) is 18.5 Å². The first kappa shape index (κ1) is 16.6. The zero-order valence-corrected chi connectivity index (χ0v) is 14.0. The molecule has 0 radical (unpaired) electrons. The molecule has 0 unspecified atom stereocenters. The molecular formula is C15H17NO4S2. The second-order valence-corrected chi connectivity index (χ2v) is 7.62. The Balaban J connectivity index is 1.98. The number of benzene rings is 1. The van der Waals surface area contributed by atoms with Crippen molar-refractivity contribution in [3.63, 3.8) is 0 Å². The first-order valence-corrected chi connectivity index (χ1v) is 9.21. The van der Waals surface area contributed by atoms with E-state index < -0.39 is 10.1 Å². The average molecular weight is 339 g/mol. The van der Waals surface area contributed by atoms with Crippen LogP contribution in [0, 0.1) is 6.92 Å². The molecule has 0 aliphatic heterocycles. The number of carbonyl (C=O) groups is 1. The van der Waals surface area contributed by atoms with Crippen LogP contribution in [-0.2, 0) is 27.1 Å². The van der Waals surface area contributed by atoms with Gasteiger partial charge in [-0.05, 0) is 38.0 Å². The number of carbonyl (C=O) groups excluding carboxylic acids is 1. The number of hydrogen-bond donors (Lipinski definition) is 0. The second kappa shape index (κ2) is 7.02. The number of aryl methyl sites for hydroxylation is 2. The Bertz CT molecular complexity index is 748. The van der Waals surface area contributed by atoms with Gasteiger partial charge in [-0.1, -0.05) is 12.1 Å². The predicted molar refractivity (Wildman–Crippen MR) is 85.5 cm³/mol. The molecule has 22 heavy (non-hydrogen) atoms. The van der Waals surface area contributed by atoms with Crippen molar-refractivity contribution in [2.24, 2.45) is 0 Å². The number of thiazole rings is 1. The lowest BCUT2D eigenvalue weighted by atomic mass is 10.1. The van der Waals surface area contributed by atoms with Crippen molar-refractivity contribution in [1.29, 1.82) is 0 Å². The molecule has 1 aromatic heterocycles. The number of Topliss-reactive ketones (excluding diaryl/α,β-unsaturated/α-hetero) is 1. The first-order valence-electron chi connectivity index (χ1n) is 6.75. The summed E-state index contributed by atoms with van der Waals surface area (Å²) in [6.07, 6.45) is 1.11. The SMILES string of the molecule is CC(=O)CCc1ccc(OS(=O)(=O)Cc2csc(C)n2)cc1. The van der Waals surface area contributed by atoms with Gasteiger partial charge in [0.2, 0.25) is 0 Å². The van der Waals surface area contributed by atoms with E-state index >= 15 is 0 Å². The van der Waals surface area contributed by atoms with Crippen molar-refractivity contribution >= 4 is 27.2 Å². The molecule has 0 N–H and O–H groups in total. The van der Waals surface area contributed by atoms with Crippen molar-refractivity contribution < 1.29 is 17.4 Å². The molecule has 1 aromatic carbocycles. The van der Waals surface area contributed by atoms with E-state index in [2.05, 4.69) is 4.98 Å². The fourth-order valence-corrected chi connectivity index (χ4v) is 3.56. The summed E-state index contributed by atoms with van der Waals surface area (Å²) in [6.45, 7) is 3.37. The molecule has 118 valence electrons. The van der Waals surface area contributed by atoms with Crippen LogP contribution in [0.25, 0.3) is 0 Å². The zero-order chi connectivity index (χ0) is 16.2. The van der Waals surface area contributed by atoms with Crippen LogP contribution < -0.4 is 4.18 Å². The summed E-state index contributed by atoms with van der Waals surface area (Å²) in [5.74, 6) is 0.142. The summed E-state index contributed by atoms with van der Waals surface area (Å²) in [4.78, 5) is 15.1. The smallest absolute Gasteiger partial charge is 0.315 e. The Morgan fingerprint density at radius 2 is 1.95 bits per heavy atom. The lowest BCUT2D eigenvalue weighted by Crippen LogP contribution is -2.12. The number of ketones is 1. The van der Waals surface area contributed by atoms with Crippen LogP contribution in [0.3, 0.4) is 0 Å². The quantitative estimate of drug-likeness (QED) is 0.725. The largest absolute Gasteiger partial charge is 0.382 e. The van der Waals surface area contributed by atoms with E-state index in [1.54, 1.807) is 36.6 Å². The highest BCUT2D eigenvalue weighted by Crippen LogP contribution is 2.18. The molecular weight excluding hydrogens is 322 g/mol. The number of rotatable bonds is 7. The molecule has 2 rings (SSSR count). The van der Waals surface area contributed by atoms with Gasteiger partial charge in [-0.3, -0.25) is 0 Å². The van der Waals surface area contributed by atoms with Gasteiger partial charge in [0.25, 0.3) is 0 Å². The molecule has 0 aliphatic rings. The van der Waals surface area contributed by atoms with E-state index in [4.69, 9.17) is 4.18 Å². The highest BCUT2D eigenvalue weighted by Gasteiger charge is 2.16. The maximum absolute atomic E-state index is 12.0. The van der Waals surface area contributed by atoms with Gasteiger partial charge in [-0.25, -0.2) is 4.98 Å². The highest BCUT2D eigenvalue weighted by atomic mass is 32.2. The van der Waals surface area contributed by atoms with E-state index in [-0.39, 0.29) is 17.3 Å². The van der Waals surface area contributed by atoms with Gasteiger partial charge in [0.1, 0.15) is 17.3 Å². The normalized spacial score (nSPS) is 11.4. The van der Waals surface area contributed by atoms with Crippen molar-refractivity contribution in [3.05, 3.63) is 45.9 Å². The van der Waals surface area contributed by atoms with Gasteiger partial charge < -0.3 is 8.98 Å². The maximum atomic E-state index is 12.0. The molecule has 0 spiro atoms. The number of aromatic nitrogens is 1. The second-order valence-electron chi connectivity index (χ2n) is 4.99. The lowest BCUT2D eigenvalue weighted by molar-refractivity contribution is -0.116. The van der Waals surface area contributed by atoms with Crippen molar-refractivity contribution in [2.45, 2.75) is 32.4 Å². The minimum absolute atomic E-state index is 0.126. The van der Waals surface area contributed by atoms with Crippen LogP contribution in [0.1, 0.15) is 29.6 Å². The fourth-order valence-electron chi connectivity index (χ4n) is 1.86. The molecule has 0 atom stereocenters. The number of hydrogen-bond acceptors (Lipinski definition) is 6. The Morgan fingerprint density at radius 1 is 1.27 bits per heavy atom. The third kappa shape index (κ3) is 5.23. The van der Waals surface area contributed by atoms with Gasteiger partial charge in [0.15, 0.2) is 0 Å². The molecule has 0 fully saturated rings. The molecule has 0 aliphatic carbocycles. The summed E-state index contributed by atoms with van der Waals surface area (Å²) in [5, 5.41) is 2.53. The van der Waals surface area contributed by atoms with Gasteiger partial charge >= 0.3 is 10.1 Å². The molecule has 0 saturated carbocycles. The van der Waals surface area contributed by atoms with Crippen LogP contribution in [-0.4, -0.2) is 19.2 Å². The monoisotopic (exact) mass is 339 g/mol. The van der Waals surface area contributed by atoms with Crippen LogP contribution in [0.15, 0.2) is 29.6 Å². The Labute approximate surface area is 134 Å². The molecule has 7 heteroatoms. The van der Waals surface area contributed by atoms with E-state index in [9.17, 15) is 13.2 Å². The van der Waals surface area contributed by atoms with Crippen molar-refractivity contribution in [2.75, 3.05) is 0 Å². The van der Waals surface area contributed by atoms with E-state index in [0.717, 1.165) is 10.6 Å². The third-order valence-electron chi connectivity index (χ3n) is 2.90. The summed E-state index contributed by atoms with van der Waals surface area (Å²) in [5.41, 5.74) is 1.45. The molecule has 0 bridgehead atoms. The van der Waals surface area contributed by atoms with Gasteiger partial charge in [0.05, 0.1) is 10.7 Å². The molecule has 0 saturated heterocycles. The zero-order valence-electron chi connectivity index (χ0n) is 12.4. The molecule has 1 heterocycles. The molecule has 2 aromatic rings. The first-order chi connectivity index (χ1) is 10.3. The van der Waals surface area contributed by atoms with E-state index in [1.165, 1.54) is 11.3 Å². The number of nitrogens with zero attached hydrogens (tertiary/aromatic N) is 1. The molecule has 0 amide bonds. The van der Waals surface area contributed by atoms with Crippen LogP contribution in [0.5, 0.6) is 5.75 Å². The Kier molecular flexibility index (Phi) is 5.31. The Hall–Kier alpha value is -1.73. The topological polar surface area (TPSA) is 73.3 Å². The summed E-state index contributed by atoms with van der Waals surface area (Å²) in [6, 6.07) is 6.72. The standard InChI is InChI=1S/C15H17NO4S2/c1-11(17)3-4-13-5-7-15(8-6-13)20-22(18,19)10-14-9-21-12(2)16-14/h5-9H,3-4,10H2,1-2H3. The highest BCUT2D eigenvalue weighted by molar-refractivity contribution is 7.86. The fraction of sp³-hybridized carbons (Fsp3) is 0.333. The van der Waals surface area contributed by atoms with Crippen LogP contribution in [0.4, 0.5) is 0 Å². The lowest BCUT2D eigenvalue weighted by Gasteiger charge is -2.06. The summed E-state index contributed by atoms with van der Waals surface area (Å²) < 4.78 is 29.0. The minimum Gasteiger partial charge on any atom is -0.382 e. The van der Waals surface area contributed by atoms with Crippen molar-refractivity contribution in [1.82, 2.24) is 4.98 Å². The predicted octanol–water partition coefficient (Wildman–Crippen LogP) is 2.88. The van der Waals surface area contributed by atoms with Gasteiger partial charge in [-0.15, -0.1) is 11.3 Å². The van der Waals surface area contributed by atoms with Crippen LogP contribution >= 0.6 is 11.3 Å². The van der Waals surface area contributed by atoms with Gasteiger partial charge in [-0.2, -0.15) is 8.42 Å². The average Bonchev–Trinajstić information content (AvgIpc) is 2.82. The van der Waals surface area contributed by atoms with Crippen molar-refractivity contribution in [3.8, 4) is 5.75 Å². The minimum atomic E-state index is -3.72. The molecule has 5 nitrogen and oxygen atoms in total. The summed E-state index contributed by atoms with van der Waals surface area (Å²) >= 11 is 1.40.